The zero-order valence-electron chi connectivity index (χ0n) is 10.5. The molecule has 94 valence electrons. The van der Waals surface area contributed by atoms with Crippen LogP contribution in [0.2, 0.25) is 0 Å². The number of nitrogens with two attached hydrogens (primary N) is 1. The van der Waals surface area contributed by atoms with Crippen LogP contribution in [0.4, 0.5) is 0 Å². The second-order valence-corrected chi connectivity index (χ2v) is 4.89. The second-order valence-electron chi connectivity index (χ2n) is 4.89. The average Bonchev–Trinajstić information content (AvgIpc) is 2.38. The van der Waals surface area contributed by atoms with E-state index in [1.807, 2.05) is 18.1 Å². The van der Waals surface area contributed by atoms with E-state index in [4.69, 9.17) is 10.6 Å². The van der Waals surface area contributed by atoms with Crippen LogP contribution in [-0.2, 0) is 11.3 Å². The van der Waals surface area contributed by atoms with Crippen molar-refractivity contribution in [1.29, 1.82) is 0 Å². The van der Waals surface area contributed by atoms with Crippen molar-refractivity contribution in [2.45, 2.75) is 44.4 Å². The third-order valence-electron chi connectivity index (χ3n) is 3.55. The van der Waals surface area contributed by atoms with Gasteiger partial charge in [0.15, 0.2) is 0 Å². The number of hydrazine groups is 1. The van der Waals surface area contributed by atoms with Crippen molar-refractivity contribution in [2.75, 3.05) is 7.05 Å². The Balaban J connectivity index is 1.72. The van der Waals surface area contributed by atoms with Crippen molar-refractivity contribution in [3.05, 3.63) is 35.9 Å². The molecular weight excluding hydrogens is 212 g/mol. The number of hydrogen-bond acceptors (Lipinski definition) is 3. The van der Waals surface area contributed by atoms with Crippen LogP contribution >= 0.6 is 0 Å². The first kappa shape index (κ1) is 12.6. The lowest BCUT2D eigenvalue weighted by molar-refractivity contribution is 0.000447. The minimum Gasteiger partial charge on any atom is -0.374 e. The Labute approximate surface area is 104 Å². The van der Waals surface area contributed by atoms with Crippen LogP contribution in [0.25, 0.3) is 0 Å². The van der Waals surface area contributed by atoms with Gasteiger partial charge in [0.2, 0.25) is 0 Å². The standard InChI is InChI=1S/C14H22N2O/c1-16(15)13-7-9-14(10-8-13)17-11-12-5-3-2-4-6-12/h2-6,13-14H,7-11,15H2,1H3/t13-,14-. The maximum absolute atomic E-state index is 5.94. The summed E-state index contributed by atoms with van der Waals surface area (Å²) in [4.78, 5) is 0. The van der Waals surface area contributed by atoms with Crippen molar-refractivity contribution in [3.63, 3.8) is 0 Å². The van der Waals surface area contributed by atoms with E-state index in [9.17, 15) is 0 Å². The van der Waals surface area contributed by atoms with Gasteiger partial charge >= 0.3 is 0 Å². The normalized spacial score (nSPS) is 25.1. The van der Waals surface area contributed by atoms with E-state index in [-0.39, 0.29) is 0 Å². The van der Waals surface area contributed by atoms with Gasteiger partial charge < -0.3 is 4.74 Å². The maximum atomic E-state index is 5.94. The van der Waals surface area contributed by atoms with Gasteiger partial charge in [0, 0.05) is 13.1 Å². The number of ether oxygens (including phenoxy) is 1. The highest BCUT2D eigenvalue weighted by atomic mass is 16.5. The molecule has 1 saturated carbocycles. The molecule has 1 aliphatic carbocycles. The molecule has 0 saturated heterocycles. The van der Waals surface area contributed by atoms with Gasteiger partial charge in [-0.05, 0) is 31.2 Å². The first-order valence-corrected chi connectivity index (χ1v) is 6.39. The SMILES string of the molecule is CN(N)[C@H]1CC[C@H](OCc2ccccc2)CC1. The highest BCUT2D eigenvalue weighted by Gasteiger charge is 2.22. The summed E-state index contributed by atoms with van der Waals surface area (Å²) in [5, 5.41) is 1.84. The highest BCUT2D eigenvalue weighted by Crippen LogP contribution is 2.23. The number of benzene rings is 1. The van der Waals surface area contributed by atoms with E-state index in [0.717, 1.165) is 32.3 Å². The molecule has 1 aliphatic rings. The molecule has 17 heavy (non-hydrogen) atoms. The van der Waals surface area contributed by atoms with E-state index < -0.39 is 0 Å². The van der Waals surface area contributed by atoms with E-state index in [0.29, 0.717) is 12.1 Å². The predicted octanol–water partition coefficient (Wildman–Crippen LogP) is 2.32. The van der Waals surface area contributed by atoms with Gasteiger partial charge in [0.05, 0.1) is 12.7 Å². The molecule has 1 aromatic carbocycles. The lowest BCUT2D eigenvalue weighted by atomic mass is 9.93. The monoisotopic (exact) mass is 234 g/mol. The minimum absolute atomic E-state index is 0.409. The molecular formula is C14H22N2O. The maximum Gasteiger partial charge on any atom is 0.0720 e. The van der Waals surface area contributed by atoms with E-state index in [1.54, 1.807) is 0 Å². The van der Waals surface area contributed by atoms with Gasteiger partial charge in [0.1, 0.15) is 0 Å². The summed E-state index contributed by atoms with van der Waals surface area (Å²) in [6.07, 6.45) is 4.95. The van der Waals surface area contributed by atoms with Crippen molar-refractivity contribution >= 4 is 0 Å². The molecule has 2 N–H and O–H groups in total. The second kappa shape index (κ2) is 6.15. The molecule has 0 aliphatic heterocycles. The number of nitrogens with zero attached hydrogens (tertiary/aromatic N) is 1. The quantitative estimate of drug-likeness (QED) is 0.642. The largest absolute Gasteiger partial charge is 0.374 e. The topological polar surface area (TPSA) is 38.5 Å². The molecule has 1 aromatic rings. The van der Waals surface area contributed by atoms with Gasteiger partial charge in [-0.3, -0.25) is 5.84 Å². The molecule has 0 heterocycles. The van der Waals surface area contributed by atoms with Crippen molar-refractivity contribution in [2.24, 2.45) is 5.84 Å². The third-order valence-corrected chi connectivity index (χ3v) is 3.55. The summed E-state index contributed by atoms with van der Waals surface area (Å²) in [5.41, 5.74) is 1.26. The van der Waals surface area contributed by atoms with Gasteiger partial charge in [-0.2, -0.15) is 0 Å². The summed E-state index contributed by atoms with van der Waals surface area (Å²) >= 11 is 0. The van der Waals surface area contributed by atoms with Crippen molar-refractivity contribution < 1.29 is 4.74 Å². The van der Waals surface area contributed by atoms with Crippen LogP contribution < -0.4 is 5.84 Å². The van der Waals surface area contributed by atoms with E-state index in [1.165, 1.54) is 5.56 Å². The van der Waals surface area contributed by atoms with Crippen LogP contribution in [0.15, 0.2) is 30.3 Å². The van der Waals surface area contributed by atoms with Gasteiger partial charge in [-0.25, -0.2) is 5.01 Å². The number of rotatable bonds is 4. The smallest absolute Gasteiger partial charge is 0.0720 e. The molecule has 3 nitrogen and oxygen atoms in total. The predicted molar refractivity (Wildman–Crippen MR) is 69.2 cm³/mol. The fourth-order valence-corrected chi connectivity index (χ4v) is 2.41. The lowest BCUT2D eigenvalue weighted by Crippen LogP contribution is -2.41. The van der Waals surface area contributed by atoms with E-state index in [2.05, 4.69) is 24.3 Å². The van der Waals surface area contributed by atoms with Gasteiger partial charge in [-0.15, -0.1) is 0 Å². The first-order chi connectivity index (χ1) is 8.25. The fraction of sp³-hybridized carbons (Fsp3) is 0.571. The summed E-state index contributed by atoms with van der Waals surface area (Å²) in [6, 6.07) is 10.9. The minimum atomic E-state index is 0.409. The molecule has 1 fully saturated rings. The molecule has 0 atom stereocenters. The molecule has 2 rings (SSSR count). The summed E-state index contributed by atoms with van der Waals surface area (Å²) in [7, 11) is 1.95. The highest BCUT2D eigenvalue weighted by molar-refractivity contribution is 5.13. The molecule has 0 spiro atoms. The average molecular weight is 234 g/mol. The third kappa shape index (κ3) is 3.80. The van der Waals surface area contributed by atoms with Crippen molar-refractivity contribution in [1.82, 2.24) is 5.01 Å². The van der Waals surface area contributed by atoms with Crippen molar-refractivity contribution in [3.8, 4) is 0 Å². The van der Waals surface area contributed by atoms with Gasteiger partial charge in [0.25, 0.3) is 0 Å². The summed E-state index contributed by atoms with van der Waals surface area (Å²) < 4.78 is 5.94. The molecule has 3 heteroatoms. The molecule has 0 aromatic heterocycles. The lowest BCUT2D eigenvalue weighted by Gasteiger charge is -2.32. The molecule has 0 bridgehead atoms. The summed E-state index contributed by atoms with van der Waals surface area (Å²) in [6.45, 7) is 0.731. The molecule has 0 amide bonds. The molecule has 0 radical (unpaired) electrons. The zero-order valence-corrected chi connectivity index (χ0v) is 10.5. The van der Waals surface area contributed by atoms with Crippen LogP contribution in [-0.4, -0.2) is 24.2 Å². The van der Waals surface area contributed by atoms with Crippen LogP contribution in [0.3, 0.4) is 0 Å². The Kier molecular flexibility index (Phi) is 4.54. The Morgan fingerprint density at radius 1 is 1.18 bits per heavy atom. The zero-order chi connectivity index (χ0) is 12.1. The molecule has 0 unspecified atom stereocenters. The first-order valence-electron chi connectivity index (χ1n) is 6.39. The van der Waals surface area contributed by atoms with Crippen LogP contribution in [0.1, 0.15) is 31.2 Å². The van der Waals surface area contributed by atoms with Crippen LogP contribution in [0, 0.1) is 0 Å². The Hall–Kier alpha value is -0.900. The number of hydrogen-bond donors (Lipinski definition) is 1. The fourth-order valence-electron chi connectivity index (χ4n) is 2.41. The van der Waals surface area contributed by atoms with E-state index >= 15 is 0 Å². The Bertz CT molecular complexity index is 318. The Morgan fingerprint density at radius 3 is 2.41 bits per heavy atom. The van der Waals surface area contributed by atoms with Gasteiger partial charge in [-0.1, -0.05) is 30.3 Å². The Morgan fingerprint density at radius 2 is 1.82 bits per heavy atom. The van der Waals surface area contributed by atoms with Crippen LogP contribution in [0.5, 0.6) is 0 Å². The summed E-state index contributed by atoms with van der Waals surface area (Å²) in [5.74, 6) is 5.77.